The van der Waals surface area contributed by atoms with Crippen LogP contribution in [-0.2, 0) is 5.67 Å². The highest BCUT2D eigenvalue weighted by Gasteiger charge is 2.73. The zero-order valence-electron chi connectivity index (χ0n) is 13.7. The number of amides is 1. The lowest BCUT2D eigenvalue weighted by molar-refractivity contribution is -0.348. The number of hydrogen-bond donors (Lipinski definition) is 2. The summed E-state index contributed by atoms with van der Waals surface area (Å²) in [6.07, 6.45) is -12.6. The fraction of sp³-hybridized carbons (Fsp3) is 0.188. The molecule has 0 bridgehead atoms. The Labute approximate surface area is 174 Å². The summed E-state index contributed by atoms with van der Waals surface area (Å²) >= 11 is 5.44. The Kier molecular flexibility index (Phi) is 6.25. The minimum atomic E-state index is -6.29. The Morgan fingerprint density at radius 3 is 1.79 bits per heavy atom. The maximum Gasteiger partial charge on any atom is 0.435 e. The van der Waals surface area contributed by atoms with Crippen molar-refractivity contribution in [3.8, 4) is 0 Å². The Bertz CT molecular complexity index is 922. The molecule has 0 saturated heterocycles. The molecule has 2 aromatic rings. The van der Waals surface area contributed by atoms with Crippen molar-refractivity contribution in [3.05, 3.63) is 56.2 Å². The van der Waals surface area contributed by atoms with Gasteiger partial charge in [-0.3, -0.25) is 4.79 Å². The number of halogens is 10. The Morgan fingerprint density at radius 1 is 0.897 bits per heavy atom. The van der Waals surface area contributed by atoms with Crippen molar-refractivity contribution in [2.45, 2.75) is 18.0 Å². The van der Waals surface area contributed by atoms with Gasteiger partial charge < -0.3 is 11.1 Å². The van der Waals surface area contributed by atoms with Gasteiger partial charge in [0, 0.05) is 20.1 Å². The first-order chi connectivity index (χ1) is 13.1. The third-order valence-electron chi connectivity index (χ3n) is 3.72. The van der Waals surface area contributed by atoms with E-state index in [1.165, 1.54) is 0 Å². The predicted octanol–water partition coefficient (Wildman–Crippen LogP) is 6.47. The van der Waals surface area contributed by atoms with Crippen LogP contribution in [0.5, 0.6) is 0 Å². The molecule has 158 valence electrons. The molecule has 0 atom stereocenters. The number of rotatable bonds is 3. The van der Waals surface area contributed by atoms with Crippen molar-refractivity contribution in [1.82, 2.24) is 0 Å². The van der Waals surface area contributed by atoms with Crippen LogP contribution in [-0.4, -0.2) is 18.3 Å². The summed E-state index contributed by atoms with van der Waals surface area (Å²) in [7, 11) is 0. The molecule has 0 spiro atoms. The van der Waals surface area contributed by atoms with Gasteiger partial charge in [-0.1, -0.05) is 0 Å². The Balaban J connectivity index is 2.48. The minimum absolute atomic E-state index is 0.141. The van der Waals surface area contributed by atoms with Crippen LogP contribution in [0.25, 0.3) is 0 Å². The van der Waals surface area contributed by atoms with Crippen LogP contribution >= 0.6 is 31.9 Å². The van der Waals surface area contributed by atoms with E-state index >= 15 is 0 Å². The summed E-state index contributed by atoms with van der Waals surface area (Å²) in [5.74, 6) is -1.70. The van der Waals surface area contributed by atoms with Gasteiger partial charge in [-0.15, -0.1) is 0 Å². The summed E-state index contributed by atoms with van der Waals surface area (Å²) in [6, 6.07) is 3.42. The van der Waals surface area contributed by atoms with Gasteiger partial charge in [0.15, 0.2) is 0 Å². The molecule has 0 radical (unpaired) electrons. The molecular weight excluding hydrogens is 548 g/mol. The molecule has 0 aliphatic heterocycles. The number of carbonyl (C=O) groups excluding carboxylic acids is 1. The van der Waals surface area contributed by atoms with Crippen molar-refractivity contribution in [2.75, 3.05) is 11.1 Å². The van der Waals surface area contributed by atoms with E-state index in [9.17, 15) is 39.9 Å². The van der Waals surface area contributed by atoms with Crippen molar-refractivity contribution < 1.29 is 39.9 Å². The van der Waals surface area contributed by atoms with Crippen molar-refractivity contribution in [3.63, 3.8) is 0 Å². The van der Waals surface area contributed by atoms with Crippen LogP contribution in [0.3, 0.4) is 0 Å². The zero-order valence-corrected chi connectivity index (χ0v) is 16.8. The van der Waals surface area contributed by atoms with Crippen LogP contribution in [0.4, 0.5) is 46.5 Å². The van der Waals surface area contributed by atoms with E-state index in [-0.39, 0.29) is 29.1 Å². The lowest BCUT2D eigenvalue weighted by Gasteiger charge is -2.31. The average molecular weight is 556 g/mol. The Hall–Kier alpha value is -1.89. The van der Waals surface area contributed by atoms with Gasteiger partial charge in [0.1, 0.15) is 5.82 Å². The van der Waals surface area contributed by atoms with E-state index in [1.807, 2.05) is 0 Å². The van der Waals surface area contributed by atoms with Crippen molar-refractivity contribution in [2.24, 2.45) is 0 Å². The second-order valence-electron chi connectivity index (χ2n) is 5.66. The van der Waals surface area contributed by atoms with Crippen LogP contribution in [0.1, 0.15) is 15.9 Å². The highest BCUT2D eigenvalue weighted by atomic mass is 79.9. The number of anilines is 2. The monoisotopic (exact) mass is 554 g/mol. The third-order valence-corrected chi connectivity index (χ3v) is 4.97. The van der Waals surface area contributed by atoms with E-state index in [1.54, 1.807) is 0 Å². The molecular formula is C16H8Br2F8N2O. The van der Waals surface area contributed by atoms with Crippen molar-refractivity contribution in [1.29, 1.82) is 0 Å². The van der Waals surface area contributed by atoms with Gasteiger partial charge in [-0.05, 0) is 62.2 Å². The molecule has 0 aromatic heterocycles. The third kappa shape index (κ3) is 4.34. The van der Waals surface area contributed by atoms with Crippen molar-refractivity contribution >= 4 is 49.1 Å². The zero-order chi connectivity index (χ0) is 22.4. The molecule has 3 N–H and O–H groups in total. The van der Waals surface area contributed by atoms with E-state index in [2.05, 4.69) is 37.2 Å². The smallest absolute Gasteiger partial charge is 0.396 e. The summed E-state index contributed by atoms with van der Waals surface area (Å²) in [4.78, 5) is 12.2. The lowest BCUT2D eigenvalue weighted by atomic mass is 9.94. The molecule has 2 rings (SSSR count). The van der Waals surface area contributed by atoms with E-state index in [0.29, 0.717) is 0 Å². The predicted molar refractivity (Wildman–Crippen MR) is 95.5 cm³/mol. The summed E-state index contributed by atoms with van der Waals surface area (Å²) in [5.41, 5.74) is -2.84. The molecule has 1 amide bonds. The summed E-state index contributed by atoms with van der Waals surface area (Å²) in [5, 5.41) is 2.20. The summed E-state index contributed by atoms with van der Waals surface area (Å²) < 4.78 is 104. The number of hydrogen-bond acceptors (Lipinski definition) is 2. The molecule has 13 heteroatoms. The van der Waals surface area contributed by atoms with Gasteiger partial charge in [0.2, 0.25) is 0 Å². The van der Waals surface area contributed by atoms with E-state index in [0.717, 1.165) is 18.2 Å². The molecule has 3 nitrogen and oxygen atoms in total. The van der Waals surface area contributed by atoms with Gasteiger partial charge in [0.05, 0.1) is 11.4 Å². The number of nitrogens with two attached hydrogens (primary N) is 1. The Morgan fingerprint density at radius 2 is 1.38 bits per heavy atom. The highest BCUT2D eigenvalue weighted by Crippen LogP contribution is 2.54. The van der Waals surface area contributed by atoms with Gasteiger partial charge in [-0.25, -0.2) is 8.78 Å². The number of alkyl halides is 7. The molecule has 29 heavy (non-hydrogen) atoms. The minimum Gasteiger partial charge on any atom is -0.396 e. The fourth-order valence-electron chi connectivity index (χ4n) is 2.25. The molecule has 0 aliphatic carbocycles. The van der Waals surface area contributed by atoms with Gasteiger partial charge in [-0.2, -0.15) is 26.3 Å². The summed E-state index contributed by atoms with van der Waals surface area (Å²) in [6.45, 7) is 0. The molecule has 0 fully saturated rings. The van der Waals surface area contributed by atoms with Crippen LogP contribution in [0, 0.1) is 5.82 Å². The topological polar surface area (TPSA) is 55.1 Å². The first-order valence-corrected chi connectivity index (χ1v) is 8.86. The molecule has 0 heterocycles. The van der Waals surface area contributed by atoms with Gasteiger partial charge >= 0.3 is 18.0 Å². The van der Waals surface area contributed by atoms with Crippen LogP contribution in [0.2, 0.25) is 0 Å². The van der Waals surface area contributed by atoms with E-state index < -0.39 is 44.3 Å². The molecule has 0 saturated carbocycles. The van der Waals surface area contributed by atoms with Crippen LogP contribution < -0.4 is 11.1 Å². The van der Waals surface area contributed by atoms with E-state index in [4.69, 9.17) is 5.73 Å². The number of benzene rings is 2. The highest BCUT2D eigenvalue weighted by molar-refractivity contribution is 9.11. The normalized spacial score (nSPS) is 12.8. The second kappa shape index (κ2) is 7.74. The standard InChI is InChI=1S/C16H8Br2F8N2O/c17-8-4-7(14(20,15(21,22)23)16(24,25)26)5-9(18)12(8)28-13(29)6-1-2-10(19)11(27)3-6/h1-5H,27H2,(H,28,29). The first-order valence-electron chi connectivity index (χ1n) is 7.28. The second-order valence-corrected chi connectivity index (χ2v) is 7.37. The first kappa shape index (κ1) is 23.4. The van der Waals surface area contributed by atoms with Gasteiger partial charge in [0.25, 0.3) is 5.91 Å². The maximum absolute atomic E-state index is 14.2. The fourth-order valence-corrected chi connectivity index (χ4v) is 3.63. The number of nitrogens with one attached hydrogen (secondary N) is 1. The van der Waals surface area contributed by atoms with Crippen LogP contribution in [0.15, 0.2) is 39.3 Å². The maximum atomic E-state index is 14.2. The number of carbonyl (C=O) groups is 1. The molecule has 0 unspecified atom stereocenters. The number of nitrogen functional groups attached to an aromatic ring is 1. The molecule has 2 aromatic carbocycles. The quantitative estimate of drug-likeness (QED) is 0.337. The lowest BCUT2D eigenvalue weighted by Crippen LogP contribution is -2.50. The largest absolute Gasteiger partial charge is 0.435 e. The SMILES string of the molecule is Nc1cc(C(=O)Nc2c(Br)cc(C(F)(C(F)(F)F)C(F)(F)F)cc2Br)ccc1F. The average Bonchev–Trinajstić information content (AvgIpc) is 2.57. The molecule has 0 aliphatic rings.